The van der Waals surface area contributed by atoms with Gasteiger partial charge in [0, 0.05) is 38.3 Å². The summed E-state index contributed by atoms with van der Waals surface area (Å²) in [6.45, 7) is 6.40. The van der Waals surface area contributed by atoms with Crippen molar-refractivity contribution in [3.8, 4) is 17.2 Å². The summed E-state index contributed by atoms with van der Waals surface area (Å²) < 4.78 is 15.9. The minimum absolute atomic E-state index is 0.116. The van der Waals surface area contributed by atoms with E-state index in [1.54, 1.807) is 33.5 Å². The van der Waals surface area contributed by atoms with E-state index >= 15 is 0 Å². The number of urea groups is 1. The van der Waals surface area contributed by atoms with Gasteiger partial charge in [-0.3, -0.25) is 0 Å². The molecule has 1 N–H and O–H groups in total. The highest BCUT2D eigenvalue weighted by Gasteiger charge is 2.21. The van der Waals surface area contributed by atoms with Crippen LogP contribution in [0.1, 0.15) is 6.92 Å². The van der Waals surface area contributed by atoms with Gasteiger partial charge in [0.05, 0.1) is 27.0 Å². The van der Waals surface area contributed by atoms with Crippen LogP contribution in [-0.4, -0.2) is 69.9 Å². The lowest BCUT2D eigenvalue weighted by Gasteiger charge is -2.34. The summed E-state index contributed by atoms with van der Waals surface area (Å²) in [5.41, 5.74) is 0.613. The molecule has 2 amide bonds. The number of methoxy groups -OCH3 is 3. The van der Waals surface area contributed by atoms with Gasteiger partial charge in [0.25, 0.3) is 0 Å². The van der Waals surface area contributed by atoms with Crippen molar-refractivity contribution < 1.29 is 19.0 Å². The highest BCUT2D eigenvalue weighted by atomic mass is 16.5. The quantitative estimate of drug-likeness (QED) is 0.896. The number of piperazine rings is 1. The average Bonchev–Trinajstić information content (AvgIpc) is 2.60. The zero-order valence-electron chi connectivity index (χ0n) is 14.2. The van der Waals surface area contributed by atoms with Crippen LogP contribution in [0.2, 0.25) is 0 Å². The standard InChI is InChI=1S/C16H25N3O4/c1-5-18-6-8-19(9-7-18)16(20)17-12-10-13(21-2)15(23-4)14(11-12)22-3/h10-11H,5-9H2,1-4H3,(H,17,20). The Labute approximate surface area is 137 Å². The van der Waals surface area contributed by atoms with Gasteiger partial charge >= 0.3 is 6.03 Å². The molecule has 0 bridgehead atoms. The molecule has 2 rings (SSSR count). The highest BCUT2D eigenvalue weighted by Crippen LogP contribution is 2.39. The van der Waals surface area contributed by atoms with Crippen LogP contribution in [0.3, 0.4) is 0 Å². The van der Waals surface area contributed by atoms with E-state index in [1.807, 2.05) is 4.90 Å². The molecule has 7 heteroatoms. The summed E-state index contributed by atoms with van der Waals surface area (Å²) in [6, 6.07) is 3.33. The van der Waals surface area contributed by atoms with Crippen LogP contribution in [-0.2, 0) is 0 Å². The van der Waals surface area contributed by atoms with E-state index in [1.165, 1.54) is 0 Å². The number of benzene rings is 1. The van der Waals surface area contributed by atoms with E-state index in [4.69, 9.17) is 14.2 Å². The third-order valence-corrected chi connectivity index (χ3v) is 4.02. The van der Waals surface area contributed by atoms with Crippen molar-refractivity contribution in [2.24, 2.45) is 0 Å². The van der Waals surface area contributed by atoms with Crippen LogP contribution in [0.15, 0.2) is 12.1 Å². The molecule has 1 heterocycles. The summed E-state index contributed by atoms with van der Waals surface area (Å²) in [7, 11) is 4.64. The summed E-state index contributed by atoms with van der Waals surface area (Å²) >= 11 is 0. The molecule has 1 aliphatic rings. The molecule has 1 aromatic carbocycles. The number of rotatable bonds is 5. The van der Waals surface area contributed by atoms with Crippen LogP contribution in [0.5, 0.6) is 17.2 Å². The molecule has 0 radical (unpaired) electrons. The maximum Gasteiger partial charge on any atom is 0.321 e. The summed E-state index contributed by atoms with van der Waals surface area (Å²) in [5.74, 6) is 1.53. The second kappa shape index (κ2) is 7.92. The molecule has 0 atom stereocenters. The van der Waals surface area contributed by atoms with Gasteiger partial charge in [-0.2, -0.15) is 0 Å². The third-order valence-electron chi connectivity index (χ3n) is 4.02. The monoisotopic (exact) mass is 323 g/mol. The van der Waals surface area contributed by atoms with Crippen molar-refractivity contribution in [1.82, 2.24) is 9.80 Å². The van der Waals surface area contributed by atoms with Crippen molar-refractivity contribution in [3.05, 3.63) is 12.1 Å². The number of carbonyl (C=O) groups is 1. The molecular formula is C16H25N3O4. The number of carbonyl (C=O) groups excluding carboxylic acids is 1. The Hall–Kier alpha value is -2.15. The van der Waals surface area contributed by atoms with Crippen molar-refractivity contribution in [2.45, 2.75) is 6.92 Å². The number of hydrogen-bond donors (Lipinski definition) is 1. The van der Waals surface area contributed by atoms with Crippen LogP contribution >= 0.6 is 0 Å². The lowest BCUT2D eigenvalue weighted by Crippen LogP contribution is -2.49. The Morgan fingerprint density at radius 2 is 1.61 bits per heavy atom. The zero-order chi connectivity index (χ0) is 16.8. The minimum Gasteiger partial charge on any atom is -0.493 e. The maximum absolute atomic E-state index is 12.4. The Morgan fingerprint density at radius 3 is 2.04 bits per heavy atom. The van der Waals surface area contributed by atoms with Gasteiger partial charge in [0.15, 0.2) is 11.5 Å². The van der Waals surface area contributed by atoms with Crippen LogP contribution < -0.4 is 19.5 Å². The number of amides is 2. The van der Waals surface area contributed by atoms with E-state index in [0.29, 0.717) is 22.9 Å². The molecule has 1 fully saturated rings. The second-order valence-electron chi connectivity index (χ2n) is 5.27. The molecule has 7 nitrogen and oxygen atoms in total. The molecular weight excluding hydrogens is 298 g/mol. The van der Waals surface area contributed by atoms with Crippen molar-refractivity contribution in [3.63, 3.8) is 0 Å². The Kier molecular flexibility index (Phi) is 5.92. The van der Waals surface area contributed by atoms with E-state index in [-0.39, 0.29) is 6.03 Å². The smallest absolute Gasteiger partial charge is 0.321 e. The number of nitrogens with zero attached hydrogens (tertiary/aromatic N) is 2. The van der Waals surface area contributed by atoms with E-state index in [2.05, 4.69) is 17.1 Å². The first-order valence-electron chi connectivity index (χ1n) is 7.71. The molecule has 1 saturated heterocycles. The molecule has 128 valence electrons. The molecule has 1 aliphatic heterocycles. The zero-order valence-corrected chi connectivity index (χ0v) is 14.2. The molecule has 0 spiro atoms. The first-order chi connectivity index (χ1) is 11.1. The molecule has 0 aliphatic carbocycles. The largest absolute Gasteiger partial charge is 0.493 e. The van der Waals surface area contributed by atoms with Gasteiger partial charge in [-0.05, 0) is 6.54 Å². The van der Waals surface area contributed by atoms with E-state index in [9.17, 15) is 4.79 Å². The van der Waals surface area contributed by atoms with Crippen LogP contribution in [0, 0.1) is 0 Å². The van der Waals surface area contributed by atoms with Gasteiger partial charge in [0.1, 0.15) is 0 Å². The second-order valence-corrected chi connectivity index (χ2v) is 5.27. The molecule has 1 aromatic rings. The van der Waals surface area contributed by atoms with Gasteiger partial charge in [-0.1, -0.05) is 6.92 Å². The number of anilines is 1. The molecule has 23 heavy (non-hydrogen) atoms. The number of hydrogen-bond acceptors (Lipinski definition) is 5. The SMILES string of the molecule is CCN1CCN(C(=O)Nc2cc(OC)c(OC)c(OC)c2)CC1. The van der Waals surface area contributed by atoms with Gasteiger partial charge < -0.3 is 29.3 Å². The number of ether oxygens (including phenoxy) is 3. The summed E-state index contributed by atoms with van der Waals surface area (Å²) in [4.78, 5) is 16.5. The average molecular weight is 323 g/mol. The Balaban J connectivity index is 2.09. The maximum atomic E-state index is 12.4. The topological polar surface area (TPSA) is 63.3 Å². The fraction of sp³-hybridized carbons (Fsp3) is 0.562. The summed E-state index contributed by atoms with van der Waals surface area (Å²) in [6.07, 6.45) is 0. The normalized spacial score (nSPS) is 15.2. The Bertz CT molecular complexity index is 517. The molecule has 0 unspecified atom stereocenters. The first kappa shape index (κ1) is 17.2. The Morgan fingerprint density at radius 1 is 1.04 bits per heavy atom. The fourth-order valence-corrected chi connectivity index (χ4v) is 2.62. The highest BCUT2D eigenvalue weighted by molar-refractivity contribution is 5.90. The van der Waals surface area contributed by atoms with Crippen molar-refractivity contribution in [1.29, 1.82) is 0 Å². The number of nitrogens with one attached hydrogen (secondary N) is 1. The predicted molar refractivity (Wildman–Crippen MR) is 88.8 cm³/mol. The minimum atomic E-state index is -0.116. The lowest BCUT2D eigenvalue weighted by molar-refractivity contribution is 0.151. The van der Waals surface area contributed by atoms with Crippen LogP contribution in [0.4, 0.5) is 10.5 Å². The van der Waals surface area contributed by atoms with E-state index in [0.717, 1.165) is 32.7 Å². The molecule has 0 aromatic heterocycles. The fourth-order valence-electron chi connectivity index (χ4n) is 2.62. The van der Waals surface area contributed by atoms with Crippen molar-refractivity contribution >= 4 is 11.7 Å². The molecule has 0 saturated carbocycles. The predicted octanol–water partition coefficient (Wildman–Crippen LogP) is 1.88. The first-order valence-corrected chi connectivity index (χ1v) is 7.71. The van der Waals surface area contributed by atoms with Gasteiger partial charge in [0.2, 0.25) is 5.75 Å². The number of likely N-dealkylation sites (N-methyl/N-ethyl adjacent to an activating group) is 1. The van der Waals surface area contributed by atoms with Gasteiger partial charge in [-0.25, -0.2) is 4.79 Å². The third kappa shape index (κ3) is 3.98. The van der Waals surface area contributed by atoms with E-state index < -0.39 is 0 Å². The van der Waals surface area contributed by atoms with Gasteiger partial charge in [-0.15, -0.1) is 0 Å². The van der Waals surface area contributed by atoms with Crippen molar-refractivity contribution in [2.75, 3.05) is 59.4 Å². The van der Waals surface area contributed by atoms with Crippen LogP contribution in [0.25, 0.3) is 0 Å². The lowest BCUT2D eigenvalue weighted by atomic mass is 10.2. The summed E-state index contributed by atoms with van der Waals surface area (Å²) in [5, 5.41) is 2.90.